The summed E-state index contributed by atoms with van der Waals surface area (Å²) in [5.74, 6) is 0.159. The fraction of sp³-hybridized carbons (Fsp3) is 0.368. The Morgan fingerprint density at radius 1 is 1.50 bits per heavy atom. The lowest BCUT2D eigenvalue weighted by Gasteiger charge is -2.28. The van der Waals surface area contributed by atoms with Crippen molar-refractivity contribution in [1.82, 2.24) is 0 Å². The van der Waals surface area contributed by atoms with E-state index in [1.54, 1.807) is 12.1 Å². The van der Waals surface area contributed by atoms with Gasteiger partial charge in [-0.3, -0.25) is 0 Å². The molecule has 0 amide bonds. The summed E-state index contributed by atoms with van der Waals surface area (Å²) in [6.07, 6.45) is 6.92. The Morgan fingerprint density at radius 2 is 2.25 bits per heavy atom. The molecule has 0 fully saturated rings. The summed E-state index contributed by atoms with van der Waals surface area (Å²) in [5.41, 5.74) is 4.21. The molecule has 0 saturated heterocycles. The number of aromatic hydroxyl groups is 1. The summed E-state index contributed by atoms with van der Waals surface area (Å²) in [4.78, 5) is 0. The molecular weight excluding hydrogens is 322 g/mol. The second-order valence-corrected chi connectivity index (χ2v) is 6.57. The molecule has 0 radical (unpaired) electrons. The number of halogens is 1. The first-order valence-electron chi connectivity index (χ1n) is 8.28. The normalized spacial score (nSPS) is 18.5. The number of phenolic OH excluding ortho intramolecular Hbond substituents is 1. The summed E-state index contributed by atoms with van der Waals surface area (Å²) in [6, 6.07) is 4.96. The Labute approximate surface area is 149 Å². The van der Waals surface area contributed by atoms with Crippen LogP contribution in [0.2, 0.25) is 11.3 Å². The van der Waals surface area contributed by atoms with Crippen molar-refractivity contribution >= 4 is 24.8 Å². The Bertz CT molecular complexity index is 667. The van der Waals surface area contributed by atoms with Gasteiger partial charge in [-0.15, -0.1) is 0 Å². The minimum Gasteiger partial charge on any atom is -0.508 e. The molecule has 0 bridgehead atoms. The lowest BCUT2D eigenvalue weighted by atomic mass is 9.77. The number of phenols is 1. The summed E-state index contributed by atoms with van der Waals surface area (Å²) >= 11 is 6.14. The van der Waals surface area contributed by atoms with Crippen LogP contribution in [0.25, 0.3) is 6.08 Å². The standard InChI is InChI=1S/C19H24BClO3/c1-4-14(3)17-9-10-20(23)24-19(17)8-5-13(2)11-15-6-7-16(22)12-18(15)21/h6-7,9,11-12,19,22-23H,3-5,8,10H2,1-2H3/b13-11+. The average Bonchev–Trinajstić information content (AvgIpc) is 2.55. The van der Waals surface area contributed by atoms with E-state index in [1.165, 1.54) is 6.07 Å². The van der Waals surface area contributed by atoms with Gasteiger partial charge in [-0.2, -0.15) is 0 Å². The Balaban J connectivity index is 2.05. The van der Waals surface area contributed by atoms with E-state index in [2.05, 4.69) is 13.5 Å². The largest absolute Gasteiger partial charge is 0.508 e. The Kier molecular flexibility index (Phi) is 6.73. The summed E-state index contributed by atoms with van der Waals surface area (Å²) < 4.78 is 5.70. The van der Waals surface area contributed by atoms with Gasteiger partial charge in [0.1, 0.15) is 5.75 Å². The van der Waals surface area contributed by atoms with Crippen LogP contribution in [-0.4, -0.2) is 23.4 Å². The van der Waals surface area contributed by atoms with Crippen molar-refractivity contribution in [3.8, 4) is 5.75 Å². The van der Waals surface area contributed by atoms with Crippen LogP contribution >= 0.6 is 11.6 Å². The number of hydrogen-bond donors (Lipinski definition) is 2. The molecule has 1 aromatic carbocycles. The average molecular weight is 347 g/mol. The molecule has 0 aliphatic carbocycles. The van der Waals surface area contributed by atoms with Gasteiger partial charge < -0.3 is 14.8 Å². The Hall–Kier alpha value is -1.49. The van der Waals surface area contributed by atoms with Crippen LogP contribution in [0.3, 0.4) is 0 Å². The molecule has 1 aromatic rings. The van der Waals surface area contributed by atoms with Crippen LogP contribution in [0.5, 0.6) is 5.75 Å². The maximum absolute atomic E-state index is 9.76. The highest BCUT2D eigenvalue weighted by molar-refractivity contribution is 6.43. The minimum absolute atomic E-state index is 0.125. The monoisotopic (exact) mass is 346 g/mol. The second-order valence-electron chi connectivity index (χ2n) is 6.17. The molecule has 24 heavy (non-hydrogen) atoms. The number of rotatable bonds is 6. The molecule has 2 rings (SSSR count). The maximum Gasteiger partial charge on any atom is 0.458 e. The highest BCUT2D eigenvalue weighted by atomic mass is 35.5. The van der Waals surface area contributed by atoms with Crippen molar-refractivity contribution < 1.29 is 14.8 Å². The van der Waals surface area contributed by atoms with Crippen LogP contribution in [-0.2, 0) is 4.65 Å². The van der Waals surface area contributed by atoms with Gasteiger partial charge in [0, 0.05) is 6.32 Å². The smallest absolute Gasteiger partial charge is 0.458 e. The van der Waals surface area contributed by atoms with Gasteiger partial charge in [-0.1, -0.05) is 48.4 Å². The molecule has 128 valence electrons. The minimum atomic E-state index is -0.737. The van der Waals surface area contributed by atoms with Gasteiger partial charge in [0.2, 0.25) is 0 Å². The van der Waals surface area contributed by atoms with E-state index in [-0.39, 0.29) is 11.9 Å². The fourth-order valence-electron chi connectivity index (χ4n) is 2.81. The van der Waals surface area contributed by atoms with E-state index in [0.29, 0.717) is 11.3 Å². The SMILES string of the molecule is C=C(CC)C1=CCB(O)OC1CC/C(C)=C/c1ccc(O)cc1Cl. The van der Waals surface area contributed by atoms with Crippen molar-refractivity contribution in [2.24, 2.45) is 0 Å². The van der Waals surface area contributed by atoms with Crippen LogP contribution in [0, 0.1) is 0 Å². The third-order valence-electron chi connectivity index (χ3n) is 4.23. The van der Waals surface area contributed by atoms with Gasteiger partial charge in [0.15, 0.2) is 0 Å². The topological polar surface area (TPSA) is 49.7 Å². The van der Waals surface area contributed by atoms with Crippen molar-refractivity contribution in [3.05, 3.63) is 58.2 Å². The van der Waals surface area contributed by atoms with Crippen LogP contribution in [0.4, 0.5) is 0 Å². The second kappa shape index (κ2) is 8.56. The molecule has 1 atom stereocenters. The van der Waals surface area contributed by atoms with Crippen molar-refractivity contribution in [2.75, 3.05) is 0 Å². The Morgan fingerprint density at radius 3 is 2.92 bits per heavy atom. The molecule has 2 N–H and O–H groups in total. The van der Waals surface area contributed by atoms with Crippen LogP contribution < -0.4 is 0 Å². The van der Waals surface area contributed by atoms with E-state index in [1.807, 2.05) is 19.1 Å². The molecule has 3 nitrogen and oxygen atoms in total. The summed E-state index contributed by atoms with van der Waals surface area (Å²) in [6.45, 7) is 8.22. The first-order chi connectivity index (χ1) is 11.4. The van der Waals surface area contributed by atoms with Gasteiger partial charge in [-0.05, 0) is 55.5 Å². The lowest BCUT2D eigenvalue weighted by Crippen LogP contribution is -2.31. The lowest BCUT2D eigenvalue weighted by molar-refractivity contribution is 0.183. The van der Waals surface area contributed by atoms with E-state index in [0.717, 1.165) is 41.5 Å². The first-order valence-corrected chi connectivity index (χ1v) is 8.66. The van der Waals surface area contributed by atoms with E-state index in [4.69, 9.17) is 16.3 Å². The molecule has 1 unspecified atom stereocenters. The fourth-order valence-corrected chi connectivity index (χ4v) is 3.04. The predicted molar refractivity (Wildman–Crippen MR) is 101 cm³/mol. The summed E-state index contributed by atoms with van der Waals surface area (Å²) in [7, 11) is -0.737. The van der Waals surface area contributed by atoms with E-state index in [9.17, 15) is 10.1 Å². The zero-order chi connectivity index (χ0) is 17.7. The molecule has 1 heterocycles. The van der Waals surface area contributed by atoms with Gasteiger partial charge in [-0.25, -0.2) is 0 Å². The number of benzene rings is 1. The van der Waals surface area contributed by atoms with Crippen molar-refractivity contribution in [2.45, 2.75) is 45.5 Å². The molecule has 1 aliphatic rings. The van der Waals surface area contributed by atoms with Gasteiger partial charge in [0.05, 0.1) is 11.1 Å². The number of hydrogen-bond acceptors (Lipinski definition) is 3. The van der Waals surface area contributed by atoms with E-state index < -0.39 is 7.12 Å². The van der Waals surface area contributed by atoms with Gasteiger partial charge in [0.25, 0.3) is 0 Å². The zero-order valence-electron chi connectivity index (χ0n) is 14.3. The van der Waals surface area contributed by atoms with E-state index >= 15 is 0 Å². The number of allylic oxidation sites excluding steroid dienone is 2. The third kappa shape index (κ3) is 5.00. The van der Waals surface area contributed by atoms with Crippen LogP contribution in [0.15, 0.2) is 47.6 Å². The quantitative estimate of drug-likeness (QED) is 0.713. The molecule has 0 aromatic heterocycles. The molecule has 0 spiro atoms. The van der Waals surface area contributed by atoms with Gasteiger partial charge >= 0.3 is 7.12 Å². The predicted octanol–water partition coefficient (Wildman–Crippen LogP) is 5.00. The maximum atomic E-state index is 9.76. The van der Waals surface area contributed by atoms with Crippen molar-refractivity contribution in [3.63, 3.8) is 0 Å². The third-order valence-corrected chi connectivity index (χ3v) is 4.56. The highest BCUT2D eigenvalue weighted by Gasteiger charge is 2.27. The zero-order valence-corrected chi connectivity index (χ0v) is 15.0. The summed E-state index contributed by atoms with van der Waals surface area (Å²) in [5, 5.41) is 19.7. The molecular formula is C19H24BClO3. The molecule has 0 saturated carbocycles. The highest BCUT2D eigenvalue weighted by Crippen LogP contribution is 2.29. The van der Waals surface area contributed by atoms with Crippen molar-refractivity contribution in [1.29, 1.82) is 0 Å². The molecule has 1 aliphatic heterocycles. The molecule has 5 heteroatoms. The first kappa shape index (κ1) is 18.8. The van der Waals surface area contributed by atoms with Crippen LogP contribution in [0.1, 0.15) is 38.7 Å².